The Hall–Kier alpha value is -2.98. The maximum Gasteiger partial charge on any atom is 0.514 e. The lowest BCUT2D eigenvalue weighted by Crippen LogP contribution is -2.76. The van der Waals surface area contributed by atoms with Gasteiger partial charge in [-0.15, -0.1) is 0 Å². The fraction of sp³-hybridized carbons (Fsp3) is 0.655. The summed E-state index contributed by atoms with van der Waals surface area (Å²) >= 11 is 0. The molecule has 10 heteroatoms. The molecule has 2 saturated heterocycles. The summed E-state index contributed by atoms with van der Waals surface area (Å²) in [6.45, 7) is 11.8. The van der Waals surface area contributed by atoms with Gasteiger partial charge in [-0.3, -0.25) is 0 Å². The van der Waals surface area contributed by atoms with Crippen LogP contribution in [0.4, 0.5) is 9.59 Å². The molecule has 0 bridgehead atoms. The number of likely N-dealkylation sites (tertiary alicyclic amines) is 2. The number of rotatable bonds is 4. The number of carboxylic acid groups (broad SMARTS) is 4. The average molecular weight is 547 g/mol. The second-order valence-electron chi connectivity index (χ2n) is 13.9. The molecule has 4 fully saturated rings. The highest BCUT2D eigenvalue weighted by atomic mass is 16.4. The molecular weight excluding hydrogens is 504 g/mol. The molecule has 0 spiro atoms. The highest BCUT2D eigenvalue weighted by Crippen LogP contribution is 2.63. The normalized spacial score (nSPS) is 38.1. The zero-order valence-corrected chi connectivity index (χ0v) is 23.6. The van der Waals surface area contributed by atoms with Crippen molar-refractivity contribution in [2.75, 3.05) is 13.1 Å². The summed E-state index contributed by atoms with van der Waals surface area (Å²) in [6.07, 6.45) is -0.0772. The van der Waals surface area contributed by atoms with Gasteiger partial charge in [0.25, 0.3) is 0 Å². The van der Waals surface area contributed by atoms with E-state index in [0.29, 0.717) is 13.1 Å². The van der Waals surface area contributed by atoms with Crippen LogP contribution in [-0.4, -0.2) is 89.3 Å². The molecule has 0 aromatic heterocycles. The third kappa shape index (κ3) is 4.06. The van der Waals surface area contributed by atoms with Crippen LogP contribution in [0.2, 0.25) is 0 Å². The first-order valence-corrected chi connectivity index (χ1v) is 13.6. The molecule has 10 nitrogen and oxygen atoms in total. The Labute approximate surface area is 229 Å². The summed E-state index contributed by atoms with van der Waals surface area (Å²) < 4.78 is -0.711. The first-order chi connectivity index (χ1) is 17.9. The largest absolute Gasteiger partial charge is 0.514 e. The molecule has 214 valence electrons. The van der Waals surface area contributed by atoms with E-state index in [4.69, 9.17) is 0 Å². The fourth-order valence-electron chi connectivity index (χ4n) is 8.04. The van der Waals surface area contributed by atoms with Gasteiger partial charge in [-0.05, 0) is 59.9 Å². The fourth-order valence-corrected chi connectivity index (χ4v) is 8.04. The second kappa shape index (κ2) is 9.02. The summed E-state index contributed by atoms with van der Waals surface area (Å²) in [5.41, 5.74) is -1.68. The Morgan fingerprint density at radius 2 is 1.41 bits per heavy atom. The number of benzene rings is 1. The molecule has 1 aromatic carbocycles. The van der Waals surface area contributed by atoms with E-state index in [1.54, 1.807) is 0 Å². The van der Waals surface area contributed by atoms with E-state index in [9.17, 15) is 39.6 Å². The van der Waals surface area contributed by atoms with Crippen LogP contribution in [0.3, 0.4) is 0 Å². The van der Waals surface area contributed by atoms with Crippen LogP contribution < -0.4 is 0 Å². The molecule has 39 heavy (non-hydrogen) atoms. The van der Waals surface area contributed by atoms with Crippen molar-refractivity contribution in [2.24, 2.45) is 23.7 Å². The predicted octanol–water partition coefficient (Wildman–Crippen LogP) is 4.38. The minimum Gasteiger partial charge on any atom is -0.477 e. The lowest BCUT2D eigenvalue weighted by Gasteiger charge is -2.51. The monoisotopic (exact) mass is 546 g/mol. The molecule has 8 atom stereocenters. The van der Waals surface area contributed by atoms with Gasteiger partial charge in [-0.1, -0.05) is 30.3 Å². The topological polar surface area (TPSA) is 149 Å². The smallest absolute Gasteiger partial charge is 0.477 e. The molecule has 4 N–H and O–H groups in total. The number of quaternary nitrogens is 2. The van der Waals surface area contributed by atoms with E-state index < -0.39 is 46.8 Å². The summed E-state index contributed by atoms with van der Waals surface area (Å²) in [6, 6.07) is 8.63. The van der Waals surface area contributed by atoms with Crippen molar-refractivity contribution in [1.82, 2.24) is 0 Å². The van der Waals surface area contributed by atoms with Crippen molar-refractivity contribution in [2.45, 2.75) is 83.5 Å². The molecule has 4 aliphatic rings. The van der Waals surface area contributed by atoms with E-state index >= 15 is 0 Å². The Balaban J connectivity index is 0.000000193. The number of piperidine rings is 2. The van der Waals surface area contributed by atoms with E-state index in [1.165, 1.54) is 0 Å². The highest BCUT2D eigenvalue weighted by Gasteiger charge is 2.81. The molecular formula is C29H42N2O8+2. The van der Waals surface area contributed by atoms with Gasteiger partial charge in [0.1, 0.15) is 11.1 Å². The van der Waals surface area contributed by atoms with Crippen LogP contribution in [0.5, 0.6) is 0 Å². The number of hydrogen-bond donors (Lipinski definition) is 4. The van der Waals surface area contributed by atoms with Crippen LogP contribution in [0.25, 0.3) is 0 Å². The summed E-state index contributed by atoms with van der Waals surface area (Å²) in [5.74, 6) is -1.46. The lowest BCUT2D eigenvalue weighted by atomic mass is 9.80. The second-order valence-corrected chi connectivity index (χ2v) is 13.9. The van der Waals surface area contributed by atoms with Crippen LogP contribution in [0, 0.1) is 23.7 Å². The molecule has 2 saturated carbocycles. The van der Waals surface area contributed by atoms with Crippen LogP contribution in [0.1, 0.15) is 59.9 Å². The van der Waals surface area contributed by atoms with Crippen molar-refractivity contribution < 1.29 is 48.6 Å². The van der Waals surface area contributed by atoms with Crippen molar-refractivity contribution in [3.63, 3.8) is 0 Å². The molecule has 5 rings (SSSR count). The number of aliphatic carboxylic acids is 2. The van der Waals surface area contributed by atoms with Gasteiger partial charge in [0, 0.05) is 30.1 Å². The van der Waals surface area contributed by atoms with Crippen LogP contribution in [-0.2, 0) is 16.0 Å². The summed E-state index contributed by atoms with van der Waals surface area (Å²) in [5, 5.41) is 39.0. The zero-order chi connectivity index (χ0) is 29.3. The molecule has 0 radical (unpaired) electrons. The van der Waals surface area contributed by atoms with Crippen LogP contribution >= 0.6 is 0 Å². The maximum absolute atomic E-state index is 12.5. The summed E-state index contributed by atoms with van der Waals surface area (Å²) in [7, 11) is 0. The third-order valence-corrected chi connectivity index (χ3v) is 10.1. The Morgan fingerprint density at radius 1 is 0.821 bits per heavy atom. The predicted molar refractivity (Wildman–Crippen MR) is 141 cm³/mol. The minimum absolute atomic E-state index is 0.0597. The van der Waals surface area contributed by atoms with Gasteiger partial charge < -0.3 is 20.4 Å². The van der Waals surface area contributed by atoms with E-state index in [2.05, 4.69) is 0 Å². The molecule has 1 aromatic rings. The van der Waals surface area contributed by atoms with Gasteiger partial charge in [0.15, 0.2) is 0 Å². The van der Waals surface area contributed by atoms with E-state index in [0.717, 1.165) is 18.4 Å². The van der Waals surface area contributed by atoms with Crippen molar-refractivity contribution in [1.29, 1.82) is 0 Å². The van der Waals surface area contributed by atoms with Gasteiger partial charge in [-0.25, -0.2) is 18.6 Å². The van der Waals surface area contributed by atoms with Gasteiger partial charge in [0.2, 0.25) is 11.6 Å². The summed E-state index contributed by atoms with van der Waals surface area (Å²) in [4.78, 5) is 47.7. The van der Waals surface area contributed by atoms with Gasteiger partial charge >= 0.3 is 24.1 Å². The quantitative estimate of drug-likeness (QED) is 0.407. The van der Waals surface area contributed by atoms with Crippen molar-refractivity contribution >= 4 is 24.1 Å². The molecule has 2 aliphatic heterocycles. The number of carboxylic acids is 2. The van der Waals surface area contributed by atoms with Crippen LogP contribution in [0.15, 0.2) is 30.3 Å². The number of hydrogen-bond acceptors (Lipinski definition) is 4. The van der Waals surface area contributed by atoms with E-state index in [1.807, 2.05) is 71.9 Å². The number of amides is 2. The lowest BCUT2D eigenvalue weighted by molar-refractivity contribution is -0.935. The highest BCUT2D eigenvalue weighted by molar-refractivity contribution is 5.82. The third-order valence-electron chi connectivity index (χ3n) is 10.1. The minimum atomic E-state index is -1.30. The number of nitrogens with zero attached hydrogens (tertiary/aromatic N) is 2. The maximum atomic E-state index is 12.5. The first kappa shape index (κ1) is 29.0. The molecule has 5 unspecified atom stereocenters. The SMILES string of the molecule is CC(C)(C)[N+]1(C(=O)O)CC2CC2C1(Cc1ccccc1)C(=O)O.CC(C)(C)[N+]1(C(=O)O)C[C@@H]2C[C@@H]2[C@@H]1C(=O)O. The average Bonchev–Trinajstić information content (AvgIpc) is 3.69. The number of carbonyl (C=O) groups is 4. The molecule has 2 heterocycles. The Kier molecular flexibility index (Phi) is 6.71. The van der Waals surface area contributed by atoms with Crippen molar-refractivity contribution in [3.8, 4) is 0 Å². The van der Waals surface area contributed by atoms with E-state index in [-0.39, 0.29) is 39.1 Å². The standard InChI is InChI=1S/C18H23NO4.C11H17NO4/c1-17(2,3)19(16(22)23)11-13-9-14(13)18(19,15(20)21)10-12-7-5-4-6-8-12;1-11(2,3)12(10(15)16)5-6-4-7(6)8(12)9(13)14/h4-8,13-14H,9-11H2,1-3H3,(H-,20,21,22,23);6-8H,4-5H2,1-3H3,(H-,13,14,15,16)/p+2/t;6-,7-,8+,12?/m.0/s1. The van der Waals surface area contributed by atoms with Gasteiger partial charge in [0.05, 0.1) is 13.1 Å². The first-order valence-electron chi connectivity index (χ1n) is 13.6. The van der Waals surface area contributed by atoms with Gasteiger partial charge in [-0.2, -0.15) is 9.59 Å². The van der Waals surface area contributed by atoms with Crippen molar-refractivity contribution in [3.05, 3.63) is 35.9 Å². The Bertz CT molecular complexity index is 1190. The number of fused-ring (bicyclic) bond motifs is 2. The molecule has 2 aliphatic carbocycles. The zero-order valence-electron chi connectivity index (χ0n) is 23.6. The molecule has 2 amide bonds. The Morgan fingerprint density at radius 3 is 1.82 bits per heavy atom.